The van der Waals surface area contributed by atoms with Crippen LogP contribution in [-0.4, -0.2) is 40.6 Å². The minimum absolute atomic E-state index is 0.209. The van der Waals surface area contributed by atoms with Crippen LogP contribution in [-0.2, 0) is 8.85 Å². The van der Waals surface area contributed by atoms with Gasteiger partial charge in [0, 0.05) is 6.42 Å². The monoisotopic (exact) mass is 359 g/mol. The molecule has 0 saturated heterocycles. The van der Waals surface area contributed by atoms with E-state index in [9.17, 15) is 5.11 Å². The first kappa shape index (κ1) is 22.8. The fourth-order valence-corrected chi connectivity index (χ4v) is 10.3. The molecule has 6 heteroatoms. The second kappa shape index (κ2) is 9.33. The van der Waals surface area contributed by atoms with E-state index in [0.717, 1.165) is 0 Å². The lowest BCUT2D eigenvalue weighted by Gasteiger charge is -2.43. The third-order valence-corrected chi connectivity index (χ3v) is 11.5. The first-order chi connectivity index (χ1) is 10.4. The molecule has 4 nitrogen and oxygen atoms in total. The molecule has 0 aliphatic heterocycles. The lowest BCUT2D eigenvalue weighted by Crippen LogP contribution is -2.50. The summed E-state index contributed by atoms with van der Waals surface area (Å²) in [6.45, 7) is 20.4. The smallest absolute Gasteiger partial charge is 0.200 e. The van der Waals surface area contributed by atoms with Crippen molar-refractivity contribution < 1.29 is 14.0 Å². The zero-order valence-electron chi connectivity index (χ0n) is 16.5. The molecule has 0 aliphatic carbocycles. The molecule has 0 radical (unpaired) electrons. The van der Waals surface area contributed by atoms with E-state index in [1.807, 2.05) is 6.07 Å². The van der Waals surface area contributed by atoms with Crippen molar-refractivity contribution in [2.45, 2.75) is 96.4 Å². The van der Waals surface area contributed by atoms with E-state index in [0.29, 0.717) is 29.7 Å². The number of rotatable bonds is 10. The Balaban J connectivity index is 5.21. The molecule has 0 fully saturated rings. The molecule has 0 aliphatic rings. The first-order valence-electron chi connectivity index (χ1n) is 8.76. The van der Waals surface area contributed by atoms with E-state index in [-0.39, 0.29) is 6.10 Å². The molecule has 0 saturated carbocycles. The molecular weight excluding hydrogens is 322 g/mol. The average Bonchev–Trinajstić information content (AvgIpc) is 2.35. The predicted octanol–water partition coefficient (Wildman–Crippen LogP) is 4.67. The van der Waals surface area contributed by atoms with Crippen molar-refractivity contribution in [3.63, 3.8) is 0 Å². The topological polar surface area (TPSA) is 62.5 Å². The quantitative estimate of drug-likeness (QED) is 0.454. The van der Waals surface area contributed by atoms with E-state index >= 15 is 0 Å². The van der Waals surface area contributed by atoms with Gasteiger partial charge in [-0.15, -0.1) is 0 Å². The van der Waals surface area contributed by atoms with Gasteiger partial charge in [-0.05, 0) is 36.3 Å². The zero-order valence-corrected chi connectivity index (χ0v) is 18.5. The van der Waals surface area contributed by atoms with Crippen molar-refractivity contribution in [1.29, 1.82) is 5.26 Å². The van der Waals surface area contributed by atoms with E-state index in [1.165, 1.54) is 0 Å². The maximum absolute atomic E-state index is 9.71. The van der Waals surface area contributed by atoms with Crippen LogP contribution in [0.1, 0.15) is 48.0 Å². The van der Waals surface area contributed by atoms with Gasteiger partial charge in [0.15, 0.2) is 16.6 Å². The lowest BCUT2D eigenvalue weighted by atomic mass is 10.2. The standard InChI is InChI=1S/C17H37NO3Si2/c1-13(2)23(14(3)4,15(5)6)20-12-17(10-16(19)11-18)21-22(7,8)9/h13-17,19H,10,12H2,1-9H3/t16?,17-/m1/s1. The molecule has 0 amide bonds. The zero-order chi connectivity index (χ0) is 18.4. The van der Waals surface area contributed by atoms with E-state index < -0.39 is 22.7 Å². The Labute approximate surface area is 145 Å². The molecule has 1 N–H and O–H groups in total. The summed E-state index contributed by atoms with van der Waals surface area (Å²) in [5, 5.41) is 18.6. The van der Waals surface area contributed by atoms with Gasteiger partial charge in [-0.3, -0.25) is 0 Å². The predicted molar refractivity (Wildman–Crippen MR) is 101 cm³/mol. The van der Waals surface area contributed by atoms with Crippen molar-refractivity contribution in [3.05, 3.63) is 0 Å². The third kappa shape index (κ3) is 7.06. The van der Waals surface area contributed by atoms with Gasteiger partial charge < -0.3 is 14.0 Å². The van der Waals surface area contributed by atoms with Gasteiger partial charge in [0.2, 0.25) is 0 Å². The van der Waals surface area contributed by atoms with Crippen molar-refractivity contribution in [2.75, 3.05) is 6.61 Å². The molecule has 0 heterocycles. The van der Waals surface area contributed by atoms with Crippen LogP contribution in [0.5, 0.6) is 0 Å². The SMILES string of the molecule is CC(C)[Si](OC[C@@H](CC(O)C#N)O[Si](C)(C)C)(C(C)C)C(C)C. The highest BCUT2D eigenvalue weighted by Gasteiger charge is 2.45. The van der Waals surface area contributed by atoms with Crippen LogP contribution in [0, 0.1) is 11.3 Å². The highest BCUT2D eigenvalue weighted by atomic mass is 28.4. The average molecular weight is 360 g/mol. The van der Waals surface area contributed by atoms with E-state index in [1.54, 1.807) is 0 Å². The number of aliphatic hydroxyl groups excluding tert-OH is 1. The molecule has 0 rings (SSSR count). The molecule has 0 aromatic carbocycles. The second-order valence-electron chi connectivity index (χ2n) is 8.36. The molecule has 0 spiro atoms. The van der Waals surface area contributed by atoms with Crippen LogP contribution < -0.4 is 0 Å². The van der Waals surface area contributed by atoms with Gasteiger partial charge in [-0.25, -0.2) is 0 Å². The Morgan fingerprint density at radius 1 is 0.957 bits per heavy atom. The van der Waals surface area contributed by atoms with Crippen LogP contribution in [0.4, 0.5) is 0 Å². The fraction of sp³-hybridized carbons (Fsp3) is 0.941. The van der Waals surface area contributed by atoms with Gasteiger partial charge in [0.1, 0.15) is 6.10 Å². The highest BCUT2D eigenvalue weighted by Crippen LogP contribution is 2.42. The summed E-state index contributed by atoms with van der Waals surface area (Å²) in [6, 6.07) is 1.89. The Morgan fingerprint density at radius 2 is 1.39 bits per heavy atom. The van der Waals surface area contributed by atoms with Crippen molar-refractivity contribution >= 4 is 16.6 Å². The largest absolute Gasteiger partial charge is 0.413 e. The normalized spacial score (nSPS) is 16.0. The summed E-state index contributed by atoms with van der Waals surface area (Å²) in [6.07, 6.45) is -0.882. The number of nitrogens with zero attached hydrogens (tertiary/aromatic N) is 1. The van der Waals surface area contributed by atoms with Crippen molar-refractivity contribution in [3.8, 4) is 6.07 Å². The van der Waals surface area contributed by atoms with Crippen molar-refractivity contribution in [2.24, 2.45) is 0 Å². The maximum atomic E-state index is 9.71. The van der Waals surface area contributed by atoms with Gasteiger partial charge in [-0.2, -0.15) is 5.26 Å². The summed E-state index contributed by atoms with van der Waals surface area (Å²) in [5.41, 5.74) is 1.53. The fourth-order valence-electron chi connectivity index (χ4n) is 3.69. The summed E-state index contributed by atoms with van der Waals surface area (Å²) >= 11 is 0. The number of aliphatic hydroxyl groups is 1. The number of hydrogen-bond acceptors (Lipinski definition) is 4. The molecule has 0 aromatic rings. The van der Waals surface area contributed by atoms with Gasteiger partial charge in [0.05, 0.1) is 18.8 Å². The van der Waals surface area contributed by atoms with E-state index in [4.69, 9.17) is 14.1 Å². The molecule has 1 unspecified atom stereocenters. The molecule has 0 aromatic heterocycles. The summed E-state index contributed by atoms with van der Waals surface area (Å²) in [7, 11) is -3.72. The minimum atomic E-state index is -1.96. The maximum Gasteiger partial charge on any atom is 0.200 e. The minimum Gasteiger partial charge on any atom is -0.413 e. The van der Waals surface area contributed by atoms with Crippen LogP contribution in [0.2, 0.25) is 36.3 Å². The van der Waals surface area contributed by atoms with Crippen LogP contribution in [0.15, 0.2) is 0 Å². The summed E-state index contributed by atoms with van der Waals surface area (Å²) in [4.78, 5) is 0. The first-order valence-corrected chi connectivity index (χ1v) is 14.3. The molecule has 2 atom stereocenters. The highest BCUT2D eigenvalue weighted by molar-refractivity contribution is 6.77. The molecular formula is C17H37NO3Si2. The van der Waals surface area contributed by atoms with Gasteiger partial charge >= 0.3 is 0 Å². The van der Waals surface area contributed by atoms with Crippen molar-refractivity contribution in [1.82, 2.24) is 0 Å². The van der Waals surface area contributed by atoms with Gasteiger partial charge in [0.25, 0.3) is 0 Å². The second-order valence-corrected chi connectivity index (χ2v) is 18.3. The molecule has 136 valence electrons. The Kier molecular flexibility index (Phi) is 9.25. The number of nitriles is 1. The van der Waals surface area contributed by atoms with E-state index in [2.05, 4.69) is 61.2 Å². The molecule has 0 bridgehead atoms. The molecule has 23 heavy (non-hydrogen) atoms. The lowest BCUT2D eigenvalue weighted by molar-refractivity contribution is 0.0719. The Hall–Kier alpha value is -0.196. The Morgan fingerprint density at radius 3 is 1.70 bits per heavy atom. The van der Waals surface area contributed by atoms with Crippen LogP contribution in [0.25, 0.3) is 0 Å². The Bertz CT molecular complexity index is 365. The number of hydrogen-bond donors (Lipinski definition) is 1. The third-order valence-electron chi connectivity index (χ3n) is 4.38. The van der Waals surface area contributed by atoms with Crippen LogP contribution in [0.3, 0.4) is 0 Å². The van der Waals surface area contributed by atoms with Crippen LogP contribution >= 0.6 is 0 Å². The summed E-state index contributed by atoms with van der Waals surface area (Å²) < 4.78 is 12.8. The summed E-state index contributed by atoms with van der Waals surface area (Å²) in [5.74, 6) is 0. The van der Waals surface area contributed by atoms with Gasteiger partial charge in [-0.1, -0.05) is 41.5 Å².